The van der Waals surface area contributed by atoms with Gasteiger partial charge in [-0.1, -0.05) is 6.07 Å². The third-order valence-electron chi connectivity index (χ3n) is 1.59. The Hall–Kier alpha value is -1.93. The van der Waals surface area contributed by atoms with Crippen LogP contribution < -0.4 is 0 Å². The molecule has 0 aliphatic carbocycles. The zero-order valence-electron chi connectivity index (χ0n) is 7.66. The van der Waals surface area contributed by atoms with Gasteiger partial charge < -0.3 is 0 Å². The normalized spacial score (nSPS) is 9.53. The van der Waals surface area contributed by atoms with Crippen molar-refractivity contribution in [2.24, 2.45) is 0 Å². The zero-order chi connectivity index (χ0) is 10.5. The van der Waals surface area contributed by atoms with Crippen molar-refractivity contribution in [2.75, 3.05) is 0 Å². The first-order chi connectivity index (χ1) is 7.38. The van der Waals surface area contributed by atoms with Crippen molar-refractivity contribution < 1.29 is 0 Å². The molecule has 0 aromatic carbocycles. The third-order valence-corrected chi connectivity index (χ3v) is 2.46. The van der Waals surface area contributed by atoms with Crippen molar-refractivity contribution in [2.45, 2.75) is 10.1 Å². The number of hydrogen-bond donors (Lipinski definition) is 0. The molecule has 0 saturated carbocycles. The van der Waals surface area contributed by atoms with Gasteiger partial charge >= 0.3 is 0 Å². The molecule has 72 valence electrons. The molecule has 0 aliphatic rings. The minimum Gasteiger partial charge on any atom is -0.250 e. The lowest BCUT2D eigenvalue weighted by Crippen LogP contribution is -1.87. The van der Waals surface area contributed by atoms with Crippen LogP contribution in [0.2, 0.25) is 0 Å². The summed E-state index contributed by atoms with van der Waals surface area (Å²) >= 11 is 1.41. The van der Waals surface area contributed by atoms with Gasteiger partial charge in [0.25, 0.3) is 0 Å². The quantitative estimate of drug-likeness (QED) is 0.764. The number of hydrogen-bond acceptors (Lipinski definition) is 5. The van der Waals surface area contributed by atoms with Crippen LogP contribution in [-0.4, -0.2) is 15.0 Å². The maximum Gasteiger partial charge on any atom is 0.158 e. The first kappa shape index (κ1) is 9.62. The average Bonchev–Trinajstić information content (AvgIpc) is 2.31. The standard InChI is InChI=1S/C10H6N4S/c11-5-8-6-14-10(7-13-8)15-9-3-1-2-4-12-9/h1-4,6-7H. The summed E-state index contributed by atoms with van der Waals surface area (Å²) < 4.78 is 0. The first-order valence-electron chi connectivity index (χ1n) is 4.19. The largest absolute Gasteiger partial charge is 0.250 e. The van der Waals surface area contributed by atoms with E-state index in [0.29, 0.717) is 5.69 Å². The summed E-state index contributed by atoms with van der Waals surface area (Å²) in [5, 5.41) is 10.1. The Labute approximate surface area is 91.0 Å². The molecule has 0 bridgehead atoms. The minimum absolute atomic E-state index is 0.320. The lowest BCUT2D eigenvalue weighted by Gasteiger charge is -1.97. The molecular weight excluding hydrogens is 208 g/mol. The molecule has 15 heavy (non-hydrogen) atoms. The van der Waals surface area contributed by atoms with Gasteiger partial charge in [0, 0.05) is 6.20 Å². The Morgan fingerprint density at radius 3 is 2.60 bits per heavy atom. The smallest absolute Gasteiger partial charge is 0.158 e. The minimum atomic E-state index is 0.320. The summed E-state index contributed by atoms with van der Waals surface area (Å²) in [6.45, 7) is 0. The van der Waals surface area contributed by atoms with E-state index in [9.17, 15) is 0 Å². The van der Waals surface area contributed by atoms with Gasteiger partial charge in [-0.25, -0.2) is 15.0 Å². The number of nitriles is 1. The molecule has 4 nitrogen and oxygen atoms in total. The van der Waals surface area contributed by atoms with Crippen molar-refractivity contribution in [1.29, 1.82) is 5.26 Å². The summed E-state index contributed by atoms with van der Waals surface area (Å²) in [5.41, 5.74) is 0.320. The van der Waals surface area contributed by atoms with E-state index in [4.69, 9.17) is 5.26 Å². The van der Waals surface area contributed by atoms with Gasteiger partial charge in [0.05, 0.1) is 12.4 Å². The highest BCUT2D eigenvalue weighted by Crippen LogP contribution is 2.22. The van der Waals surface area contributed by atoms with Crippen LogP contribution in [0.25, 0.3) is 0 Å². The Bertz CT molecular complexity index is 475. The molecule has 0 saturated heterocycles. The molecule has 0 fully saturated rings. The van der Waals surface area contributed by atoms with Crippen LogP contribution in [0.1, 0.15) is 5.69 Å². The maximum absolute atomic E-state index is 8.55. The lowest BCUT2D eigenvalue weighted by molar-refractivity contribution is 1.03. The van der Waals surface area contributed by atoms with Crippen molar-refractivity contribution in [3.8, 4) is 6.07 Å². The van der Waals surface area contributed by atoms with Gasteiger partial charge in [0.1, 0.15) is 16.1 Å². The van der Waals surface area contributed by atoms with Crippen molar-refractivity contribution in [3.63, 3.8) is 0 Å². The van der Waals surface area contributed by atoms with E-state index in [-0.39, 0.29) is 0 Å². The molecule has 2 aromatic rings. The fourth-order valence-corrected chi connectivity index (χ4v) is 1.63. The van der Waals surface area contributed by atoms with Crippen LogP contribution >= 0.6 is 11.8 Å². The molecule has 0 unspecified atom stereocenters. The SMILES string of the molecule is N#Cc1cnc(Sc2ccccn2)cn1. The topological polar surface area (TPSA) is 62.5 Å². The summed E-state index contributed by atoms with van der Waals surface area (Å²) in [5.74, 6) is 0. The van der Waals surface area contributed by atoms with Gasteiger partial charge in [0.2, 0.25) is 0 Å². The Morgan fingerprint density at radius 1 is 1.07 bits per heavy atom. The molecular formula is C10H6N4S. The molecule has 0 spiro atoms. The Kier molecular flexibility index (Phi) is 2.90. The summed E-state index contributed by atoms with van der Waals surface area (Å²) in [7, 11) is 0. The van der Waals surface area contributed by atoms with Gasteiger partial charge in [-0.15, -0.1) is 0 Å². The highest BCUT2D eigenvalue weighted by Gasteiger charge is 2.00. The molecule has 2 rings (SSSR count). The van der Waals surface area contributed by atoms with E-state index in [1.165, 1.54) is 18.0 Å². The van der Waals surface area contributed by atoms with E-state index in [2.05, 4.69) is 15.0 Å². The molecule has 0 amide bonds. The number of pyridine rings is 1. The fraction of sp³-hybridized carbons (Fsp3) is 0. The second-order valence-corrected chi connectivity index (χ2v) is 3.66. The predicted molar refractivity (Wildman–Crippen MR) is 55.1 cm³/mol. The van der Waals surface area contributed by atoms with Crippen LogP contribution in [0, 0.1) is 11.3 Å². The van der Waals surface area contributed by atoms with Gasteiger partial charge in [0.15, 0.2) is 5.69 Å². The van der Waals surface area contributed by atoms with E-state index in [1.807, 2.05) is 24.3 Å². The predicted octanol–water partition coefficient (Wildman–Crippen LogP) is 1.89. The van der Waals surface area contributed by atoms with Crippen LogP contribution in [0.5, 0.6) is 0 Å². The molecule has 0 aliphatic heterocycles. The van der Waals surface area contributed by atoms with Crippen LogP contribution in [-0.2, 0) is 0 Å². The van der Waals surface area contributed by atoms with Gasteiger partial charge in [-0.05, 0) is 23.9 Å². The number of nitrogens with zero attached hydrogens (tertiary/aromatic N) is 4. The van der Waals surface area contributed by atoms with Crippen LogP contribution in [0.3, 0.4) is 0 Å². The summed E-state index contributed by atoms with van der Waals surface area (Å²) in [4.78, 5) is 12.2. The van der Waals surface area contributed by atoms with E-state index in [0.717, 1.165) is 10.1 Å². The summed E-state index contributed by atoms with van der Waals surface area (Å²) in [6.07, 6.45) is 4.74. The van der Waals surface area contributed by atoms with Crippen molar-refractivity contribution >= 4 is 11.8 Å². The summed E-state index contributed by atoms with van der Waals surface area (Å²) in [6, 6.07) is 7.58. The highest BCUT2D eigenvalue weighted by atomic mass is 32.2. The third kappa shape index (κ3) is 2.51. The van der Waals surface area contributed by atoms with E-state index in [1.54, 1.807) is 12.4 Å². The van der Waals surface area contributed by atoms with Gasteiger partial charge in [-0.2, -0.15) is 5.26 Å². The molecule has 2 heterocycles. The molecule has 2 aromatic heterocycles. The Morgan fingerprint density at radius 2 is 2.00 bits per heavy atom. The molecule has 5 heteroatoms. The van der Waals surface area contributed by atoms with Crippen LogP contribution in [0.15, 0.2) is 46.8 Å². The van der Waals surface area contributed by atoms with Crippen LogP contribution in [0.4, 0.5) is 0 Å². The second kappa shape index (κ2) is 4.53. The highest BCUT2D eigenvalue weighted by molar-refractivity contribution is 7.99. The average molecular weight is 214 g/mol. The Balaban J connectivity index is 2.16. The monoisotopic (exact) mass is 214 g/mol. The molecule has 0 atom stereocenters. The second-order valence-electron chi connectivity index (χ2n) is 2.62. The van der Waals surface area contributed by atoms with E-state index < -0.39 is 0 Å². The first-order valence-corrected chi connectivity index (χ1v) is 5.01. The lowest BCUT2D eigenvalue weighted by atomic mass is 10.5. The molecule has 0 radical (unpaired) electrons. The van der Waals surface area contributed by atoms with E-state index >= 15 is 0 Å². The molecule has 0 N–H and O–H groups in total. The van der Waals surface area contributed by atoms with Crippen molar-refractivity contribution in [1.82, 2.24) is 15.0 Å². The van der Waals surface area contributed by atoms with Gasteiger partial charge in [-0.3, -0.25) is 0 Å². The maximum atomic E-state index is 8.55. The zero-order valence-corrected chi connectivity index (χ0v) is 8.48. The van der Waals surface area contributed by atoms with Crippen molar-refractivity contribution in [3.05, 3.63) is 42.5 Å². The fourth-order valence-electron chi connectivity index (χ4n) is 0.941. The number of rotatable bonds is 2. The number of aromatic nitrogens is 3.